The quantitative estimate of drug-likeness (QED) is 0.414. The molecular weight excluding hydrogens is 427 g/mol. The van der Waals surface area contributed by atoms with E-state index < -0.39 is 45.2 Å². The van der Waals surface area contributed by atoms with Gasteiger partial charge >= 0.3 is 0 Å². The molecular formula is C16H6Cl2F4N4O2. The Labute approximate surface area is 161 Å². The first-order valence-corrected chi connectivity index (χ1v) is 8.02. The minimum absolute atomic E-state index is 0.147. The Morgan fingerprint density at radius 2 is 0.893 bits per heavy atom. The molecule has 4 aromatic rings. The van der Waals surface area contributed by atoms with Crippen LogP contribution in [0.3, 0.4) is 0 Å². The highest BCUT2D eigenvalue weighted by Gasteiger charge is 2.15. The lowest BCUT2D eigenvalue weighted by Crippen LogP contribution is -2.20. The van der Waals surface area contributed by atoms with Gasteiger partial charge in [0.1, 0.15) is 23.3 Å². The predicted molar refractivity (Wildman–Crippen MR) is 94.6 cm³/mol. The molecule has 28 heavy (non-hydrogen) atoms. The number of aromatic nitrogens is 4. The second-order valence-corrected chi connectivity index (χ2v) is 5.96. The summed E-state index contributed by atoms with van der Waals surface area (Å²) in [7, 11) is 0. The van der Waals surface area contributed by atoms with Gasteiger partial charge in [-0.3, -0.25) is 19.8 Å². The lowest BCUT2D eigenvalue weighted by Gasteiger charge is -2.02. The van der Waals surface area contributed by atoms with E-state index in [-0.39, 0.29) is 21.1 Å². The molecule has 2 aromatic carbocycles. The van der Waals surface area contributed by atoms with Gasteiger partial charge in [0.05, 0.1) is 21.5 Å². The van der Waals surface area contributed by atoms with Gasteiger partial charge in [-0.2, -0.15) is 0 Å². The van der Waals surface area contributed by atoms with Gasteiger partial charge in [-0.25, -0.2) is 17.6 Å². The summed E-state index contributed by atoms with van der Waals surface area (Å²) in [6.07, 6.45) is 0. The Morgan fingerprint density at radius 3 is 1.21 bits per heavy atom. The molecule has 2 heterocycles. The maximum Gasteiger partial charge on any atom is 0.273 e. The summed E-state index contributed by atoms with van der Waals surface area (Å²) in [4.78, 5) is 22.1. The van der Waals surface area contributed by atoms with Gasteiger partial charge in [-0.1, -0.05) is 23.2 Å². The summed E-state index contributed by atoms with van der Waals surface area (Å²) >= 11 is 11.1. The van der Waals surface area contributed by atoms with Crippen LogP contribution in [-0.4, -0.2) is 20.4 Å². The zero-order valence-electron chi connectivity index (χ0n) is 13.3. The van der Waals surface area contributed by atoms with E-state index in [0.29, 0.717) is 0 Å². The van der Waals surface area contributed by atoms with Crippen molar-refractivity contribution < 1.29 is 17.6 Å². The van der Waals surface area contributed by atoms with Crippen LogP contribution in [0, 0.1) is 23.3 Å². The molecule has 0 unspecified atom stereocenters. The number of halogens is 6. The van der Waals surface area contributed by atoms with Crippen LogP contribution in [0.2, 0.25) is 10.3 Å². The smallest absolute Gasteiger partial charge is 0.267 e. The highest BCUT2D eigenvalue weighted by molar-refractivity contribution is 6.38. The molecule has 0 aliphatic heterocycles. The van der Waals surface area contributed by atoms with Crippen LogP contribution in [0.5, 0.6) is 0 Å². The monoisotopic (exact) mass is 432 g/mol. The summed E-state index contributed by atoms with van der Waals surface area (Å²) < 4.78 is 52.6. The van der Waals surface area contributed by atoms with Gasteiger partial charge in [0.2, 0.25) is 0 Å². The number of benzene rings is 2. The van der Waals surface area contributed by atoms with E-state index >= 15 is 0 Å². The molecule has 2 aromatic heterocycles. The average Bonchev–Trinajstić information content (AvgIpc) is 2.66. The van der Waals surface area contributed by atoms with E-state index in [1.807, 2.05) is 10.2 Å². The molecule has 0 saturated heterocycles. The van der Waals surface area contributed by atoms with Crippen molar-refractivity contribution in [1.82, 2.24) is 20.4 Å². The van der Waals surface area contributed by atoms with Crippen LogP contribution in [0.25, 0.3) is 21.5 Å². The highest BCUT2D eigenvalue weighted by atomic mass is 35.5. The van der Waals surface area contributed by atoms with E-state index in [1.165, 1.54) is 0 Å². The fraction of sp³-hybridized carbons (Fsp3) is 0. The van der Waals surface area contributed by atoms with Gasteiger partial charge in [0, 0.05) is 0 Å². The van der Waals surface area contributed by atoms with Crippen molar-refractivity contribution in [2.24, 2.45) is 0 Å². The van der Waals surface area contributed by atoms with E-state index in [0.717, 1.165) is 24.3 Å². The average molecular weight is 433 g/mol. The summed E-state index contributed by atoms with van der Waals surface area (Å²) in [5.74, 6) is -3.20. The molecule has 144 valence electrons. The molecule has 0 amide bonds. The number of hydrogen-bond donors (Lipinski definition) is 2. The number of nitrogens with zero attached hydrogens (tertiary/aromatic N) is 2. The lowest BCUT2D eigenvalue weighted by atomic mass is 10.2. The molecule has 0 aliphatic carbocycles. The van der Waals surface area contributed by atoms with Crippen LogP contribution >= 0.6 is 23.2 Å². The zero-order chi connectivity index (χ0) is 20.6. The van der Waals surface area contributed by atoms with Gasteiger partial charge in [0.25, 0.3) is 11.1 Å². The normalized spacial score (nSPS) is 10.8. The van der Waals surface area contributed by atoms with E-state index in [4.69, 9.17) is 23.2 Å². The largest absolute Gasteiger partial charge is 0.273 e. The van der Waals surface area contributed by atoms with E-state index in [9.17, 15) is 27.2 Å². The molecule has 0 bridgehead atoms. The van der Waals surface area contributed by atoms with Crippen molar-refractivity contribution in [2.75, 3.05) is 0 Å². The Kier molecular flexibility index (Phi) is 5.34. The first-order chi connectivity index (χ1) is 13.2. The Balaban J connectivity index is 0.000000161. The van der Waals surface area contributed by atoms with Crippen LogP contribution < -0.4 is 11.1 Å². The molecule has 2 N–H and O–H groups in total. The molecule has 0 atom stereocenters. The third-order valence-electron chi connectivity index (χ3n) is 3.59. The third kappa shape index (κ3) is 3.43. The van der Waals surface area contributed by atoms with Crippen LogP contribution in [0.15, 0.2) is 33.9 Å². The molecule has 0 aliphatic rings. The Morgan fingerprint density at radius 1 is 0.607 bits per heavy atom. The molecule has 6 nitrogen and oxygen atoms in total. The van der Waals surface area contributed by atoms with Crippen LogP contribution in [0.4, 0.5) is 17.6 Å². The topological polar surface area (TPSA) is 91.5 Å². The third-order valence-corrected chi connectivity index (χ3v) is 4.12. The van der Waals surface area contributed by atoms with Crippen molar-refractivity contribution in [2.45, 2.75) is 0 Å². The number of fused-ring (bicyclic) bond motifs is 2. The van der Waals surface area contributed by atoms with Crippen molar-refractivity contribution in [1.29, 1.82) is 0 Å². The zero-order valence-corrected chi connectivity index (χ0v) is 14.8. The van der Waals surface area contributed by atoms with Gasteiger partial charge in [-0.05, 0) is 24.3 Å². The van der Waals surface area contributed by atoms with Gasteiger partial charge < -0.3 is 0 Å². The summed E-state index contributed by atoms with van der Waals surface area (Å²) in [6.45, 7) is 0. The molecule has 0 fully saturated rings. The fourth-order valence-corrected chi connectivity index (χ4v) is 2.82. The molecule has 0 saturated carbocycles. The Bertz CT molecular complexity index is 1200. The molecule has 4 rings (SSSR count). The summed E-state index contributed by atoms with van der Waals surface area (Å²) in [5.41, 5.74) is -1.73. The molecule has 0 spiro atoms. The van der Waals surface area contributed by atoms with Gasteiger partial charge in [0.15, 0.2) is 10.3 Å². The minimum atomic E-state index is -0.922. The standard InChI is InChI=1S/C8H2Cl2F2N2.C8H4F2N2O2/c9-7-5-3(11)1-2-4(12)6(5)8(10)14-13-7;9-3-1-2-4(10)6-5(3)7(13)11-12-8(6)14/h1-2H;1-2H,(H,11,13)(H,12,14). The lowest BCUT2D eigenvalue weighted by molar-refractivity contribution is 0.614. The summed E-state index contributed by atoms with van der Waals surface area (Å²) in [6, 6.07) is 3.52. The fourth-order valence-electron chi connectivity index (χ4n) is 2.38. The number of rotatable bonds is 0. The number of H-pyrrole nitrogens is 2. The van der Waals surface area contributed by atoms with Crippen molar-refractivity contribution in [3.8, 4) is 0 Å². The maximum absolute atomic E-state index is 13.2. The number of aromatic amines is 2. The second kappa shape index (κ2) is 7.56. The first-order valence-electron chi connectivity index (χ1n) is 7.26. The van der Waals surface area contributed by atoms with E-state index in [2.05, 4.69) is 10.2 Å². The first kappa shape index (κ1) is 19.8. The van der Waals surface area contributed by atoms with Crippen molar-refractivity contribution in [3.05, 3.63) is 78.5 Å². The second-order valence-electron chi connectivity index (χ2n) is 5.25. The molecule has 0 radical (unpaired) electrons. The SMILES string of the molecule is Fc1ccc(F)c2c(Cl)nnc(Cl)c12.O=c1[nH][nH]c(=O)c2c(F)ccc(F)c12. The maximum atomic E-state index is 13.2. The Hall–Kier alpha value is -2.98. The van der Waals surface area contributed by atoms with Crippen molar-refractivity contribution >= 4 is 44.7 Å². The minimum Gasteiger partial charge on any atom is -0.267 e. The van der Waals surface area contributed by atoms with Crippen LogP contribution in [-0.2, 0) is 0 Å². The molecule has 12 heteroatoms. The van der Waals surface area contributed by atoms with Gasteiger partial charge in [-0.15, -0.1) is 10.2 Å². The summed E-state index contributed by atoms with van der Waals surface area (Å²) in [5, 5.41) is 8.76. The number of hydrogen-bond acceptors (Lipinski definition) is 4. The van der Waals surface area contributed by atoms with Crippen molar-refractivity contribution in [3.63, 3.8) is 0 Å². The number of nitrogens with one attached hydrogen (secondary N) is 2. The highest BCUT2D eigenvalue weighted by Crippen LogP contribution is 2.30. The van der Waals surface area contributed by atoms with E-state index in [1.54, 1.807) is 0 Å². The predicted octanol–water partition coefficient (Wildman–Crippen LogP) is 3.71. The van der Waals surface area contributed by atoms with Crippen LogP contribution in [0.1, 0.15) is 0 Å².